The minimum Gasteiger partial charge on any atom is -0.458 e. The molecule has 0 saturated heterocycles. The normalized spacial score (nSPS) is 47.7. The number of hydrogen-bond acceptors (Lipinski definition) is 6. The Hall–Kier alpha value is -0.980. The van der Waals surface area contributed by atoms with Gasteiger partial charge in [-0.05, 0) is 105 Å². The first-order valence-corrected chi connectivity index (χ1v) is 13.2. The van der Waals surface area contributed by atoms with Crippen molar-refractivity contribution < 1.29 is 29.6 Å². The van der Waals surface area contributed by atoms with Crippen LogP contribution in [0.15, 0.2) is 0 Å². The summed E-state index contributed by atoms with van der Waals surface area (Å²) in [6.45, 7) is 8.00. The van der Waals surface area contributed by atoms with E-state index in [0.717, 1.165) is 44.9 Å². The van der Waals surface area contributed by atoms with Gasteiger partial charge in [0.1, 0.15) is 6.61 Å². The van der Waals surface area contributed by atoms with Gasteiger partial charge < -0.3 is 20.1 Å². The average Bonchev–Trinajstić information content (AvgIpc) is 3.11. The first-order valence-electron chi connectivity index (χ1n) is 13.2. The molecule has 0 aromatic rings. The zero-order chi connectivity index (χ0) is 24.1. The first kappa shape index (κ1) is 25.1. The summed E-state index contributed by atoms with van der Waals surface area (Å²) < 4.78 is 5.03. The fourth-order valence-corrected chi connectivity index (χ4v) is 8.93. The molecule has 0 aromatic heterocycles. The molecule has 0 aliphatic heterocycles. The Balaban J connectivity index is 1.49. The van der Waals surface area contributed by atoms with Crippen molar-refractivity contribution >= 4 is 11.8 Å². The van der Waals surface area contributed by atoms with Gasteiger partial charge in [0.2, 0.25) is 0 Å². The Bertz CT molecular complexity index is 753. The summed E-state index contributed by atoms with van der Waals surface area (Å²) in [6.07, 6.45) is 6.01. The third-order valence-electron chi connectivity index (χ3n) is 10.8. The molecule has 6 heteroatoms. The van der Waals surface area contributed by atoms with Crippen LogP contribution in [0.1, 0.15) is 85.5 Å². The standard InChI is InChI=1S/C27H44O6/c1-15(5-8-24(32)33-14-16(2)28)19-6-7-20-25-21(13-23(31)27(19,20)4)26(3)10-9-18(29)11-17(26)12-22(25)30/h15,17-23,25,29-31H,5-14H2,1-4H3/t15-,17+,18-,19-,20+,21+,22-,23+,25+,26+,27-/m1/s1. The van der Waals surface area contributed by atoms with E-state index in [9.17, 15) is 24.9 Å². The highest BCUT2D eigenvalue weighted by molar-refractivity contribution is 5.80. The molecule has 0 aromatic carbocycles. The molecule has 11 atom stereocenters. The van der Waals surface area contributed by atoms with E-state index >= 15 is 0 Å². The molecule has 0 bridgehead atoms. The maximum Gasteiger partial charge on any atom is 0.306 e. The zero-order valence-corrected chi connectivity index (χ0v) is 20.8. The largest absolute Gasteiger partial charge is 0.458 e. The zero-order valence-electron chi connectivity index (χ0n) is 20.8. The van der Waals surface area contributed by atoms with Gasteiger partial charge in [-0.2, -0.15) is 0 Å². The second-order valence-electron chi connectivity index (χ2n) is 12.4. The minimum absolute atomic E-state index is 0.0790. The van der Waals surface area contributed by atoms with E-state index in [2.05, 4.69) is 20.8 Å². The monoisotopic (exact) mass is 464 g/mol. The Morgan fingerprint density at radius 3 is 2.45 bits per heavy atom. The summed E-state index contributed by atoms with van der Waals surface area (Å²) in [6, 6.07) is 0. The molecule has 4 fully saturated rings. The Labute approximate surface area is 198 Å². The minimum atomic E-state index is -0.419. The molecule has 0 heterocycles. The van der Waals surface area contributed by atoms with Crippen molar-refractivity contribution in [3.8, 4) is 0 Å². The molecule has 4 aliphatic carbocycles. The average molecular weight is 465 g/mol. The van der Waals surface area contributed by atoms with Crippen LogP contribution in [0.2, 0.25) is 0 Å². The molecule has 0 amide bonds. The maximum atomic E-state index is 12.0. The number of hydrogen-bond donors (Lipinski definition) is 3. The summed E-state index contributed by atoms with van der Waals surface area (Å²) in [5.74, 6) is 1.17. The second-order valence-corrected chi connectivity index (χ2v) is 12.4. The topological polar surface area (TPSA) is 104 Å². The van der Waals surface area contributed by atoms with E-state index in [0.29, 0.717) is 30.6 Å². The van der Waals surface area contributed by atoms with Gasteiger partial charge in [-0.25, -0.2) is 0 Å². The number of ether oxygens (including phenoxy) is 1. The number of aliphatic hydroxyl groups excluding tert-OH is 3. The van der Waals surface area contributed by atoms with Crippen LogP contribution < -0.4 is 0 Å². The van der Waals surface area contributed by atoms with Crippen molar-refractivity contribution in [1.29, 1.82) is 0 Å². The van der Waals surface area contributed by atoms with Crippen LogP contribution in [0, 0.1) is 46.3 Å². The molecule has 4 rings (SSSR count). The molecular weight excluding hydrogens is 420 g/mol. The number of carbonyl (C=O) groups is 2. The molecule has 0 spiro atoms. The molecule has 0 radical (unpaired) electrons. The maximum absolute atomic E-state index is 12.0. The van der Waals surface area contributed by atoms with Crippen molar-refractivity contribution in [3.63, 3.8) is 0 Å². The van der Waals surface area contributed by atoms with E-state index in [-0.39, 0.29) is 59.2 Å². The van der Waals surface area contributed by atoms with E-state index in [4.69, 9.17) is 4.74 Å². The van der Waals surface area contributed by atoms with E-state index in [1.54, 1.807) is 0 Å². The summed E-state index contributed by atoms with van der Waals surface area (Å²) in [4.78, 5) is 23.1. The van der Waals surface area contributed by atoms with Crippen LogP contribution in [-0.4, -0.2) is 52.0 Å². The molecule has 33 heavy (non-hydrogen) atoms. The van der Waals surface area contributed by atoms with E-state index in [1.807, 2.05) is 0 Å². The molecule has 6 nitrogen and oxygen atoms in total. The lowest BCUT2D eigenvalue weighted by atomic mass is 9.43. The summed E-state index contributed by atoms with van der Waals surface area (Å²) >= 11 is 0. The lowest BCUT2D eigenvalue weighted by Crippen LogP contribution is -2.62. The third-order valence-corrected chi connectivity index (χ3v) is 10.8. The van der Waals surface area contributed by atoms with Crippen LogP contribution in [0.25, 0.3) is 0 Å². The molecule has 4 aliphatic rings. The van der Waals surface area contributed by atoms with Crippen LogP contribution in [-0.2, 0) is 14.3 Å². The lowest BCUT2D eigenvalue weighted by molar-refractivity contribution is -0.207. The highest BCUT2D eigenvalue weighted by atomic mass is 16.5. The van der Waals surface area contributed by atoms with Crippen LogP contribution in [0.5, 0.6) is 0 Å². The fraction of sp³-hybridized carbons (Fsp3) is 0.926. The van der Waals surface area contributed by atoms with Crippen molar-refractivity contribution in [2.24, 2.45) is 46.3 Å². The smallest absolute Gasteiger partial charge is 0.306 e. The highest BCUT2D eigenvalue weighted by Gasteiger charge is 2.65. The number of fused-ring (bicyclic) bond motifs is 5. The van der Waals surface area contributed by atoms with Gasteiger partial charge in [0.05, 0.1) is 18.3 Å². The van der Waals surface area contributed by atoms with Gasteiger partial charge in [-0.3, -0.25) is 9.59 Å². The molecule has 4 saturated carbocycles. The molecular formula is C27H44O6. The number of esters is 1. The second kappa shape index (κ2) is 9.23. The van der Waals surface area contributed by atoms with Gasteiger partial charge in [-0.15, -0.1) is 0 Å². The van der Waals surface area contributed by atoms with Crippen LogP contribution in [0.3, 0.4) is 0 Å². The highest BCUT2D eigenvalue weighted by Crippen LogP contribution is 2.68. The van der Waals surface area contributed by atoms with E-state index in [1.165, 1.54) is 6.92 Å². The molecule has 188 valence electrons. The predicted molar refractivity (Wildman–Crippen MR) is 124 cm³/mol. The fourth-order valence-electron chi connectivity index (χ4n) is 8.93. The van der Waals surface area contributed by atoms with Crippen molar-refractivity contribution in [1.82, 2.24) is 0 Å². The third kappa shape index (κ3) is 4.29. The van der Waals surface area contributed by atoms with Crippen molar-refractivity contribution in [2.45, 2.75) is 104 Å². The van der Waals surface area contributed by atoms with Crippen molar-refractivity contribution in [3.05, 3.63) is 0 Å². The molecule has 3 N–H and O–H groups in total. The molecule has 0 unspecified atom stereocenters. The number of ketones is 1. The Morgan fingerprint density at radius 1 is 1.03 bits per heavy atom. The van der Waals surface area contributed by atoms with Gasteiger partial charge in [0.15, 0.2) is 5.78 Å². The summed E-state index contributed by atoms with van der Waals surface area (Å²) in [5, 5.41) is 33.2. The van der Waals surface area contributed by atoms with Gasteiger partial charge in [0.25, 0.3) is 0 Å². The van der Waals surface area contributed by atoms with Crippen molar-refractivity contribution in [2.75, 3.05) is 6.61 Å². The predicted octanol–water partition coefficient (Wildman–Crippen LogP) is 3.50. The lowest BCUT2D eigenvalue weighted by Gasteiger charge is -2.63. The SMILES string of the molecule is CC(=O)COC(=O)CC[C@@H](C)[C@H]1CC[C@H]2[C@@H]3[C@H](O)C[C@@H]4C[C@H](O)CC[C@]4(C)[C@H]3C[C@H](O)[C@]12C. The van der Waals surface area contributed by atoms with Gasteiger partial charge in [-0.1, -0.05) is 20.8 Å². The number of carbonyl (C=O) groups excluding carboxylic acids is 2. The summed E-state index contributed by atoms with van der Waals surface area (Å²) in [5.41, 5.74) is -0.183. The van der Waals surface area contributed by atoms with Gasteiger partial charge >= 0.3 is 5.97 Å². The van der Waals surface area contributed by atoms with Crippen LogP contribution in [0.4, 0.5) is 0 Å². The Morgan fingerprint density at radius 2 is 1.76 bits per heavy atom. The summed E-state index contributed by atoms with van der Waals surface area (Å²) in [7, 11) is 0. The Kier molecular flexibility index (Phi) is 7.03. The number of rotatable bonds is 6. The number of aliphatic hydroxyl groups is 3. The van der Waals surface area contributed by atoms with E-state index < -0.39 is 6.10 Å². The quantitative estimate of drug-likeness (QED) is 0.520. The van der Waals surface area contributed by atoms with Gasteiger partial charge in [0, 0.05) is 6.42 Å². The first-order chi connectivity index (χ1) is 15.5. The van der Waals surface area contributed by atoms with Crippen LogP contribution >= 0.6 is 0 Å². The number of Topliss-reactive ketones (excluding diaryl/α,β-unsaturated/α-hetero) is 1.